The Morgan fingerprint density at radius 1 is 1.25 bits per heavy atom. The minimum atomic E-state index is -3.48. The molecule has 0 unspecified atom stereocenters. The van der Waals surface area contributed by atoms with Crippen LogP contribution in [-0.4, -0.2) is 55.3 Å². The maximum absolute atomic E-state index is 12.9. The van der Waals surface area contributed by atoms with Crippen molar-refractivity contribution in [2.75, 3.05) is 25.9 Å². The molecule has 8 heteroatoms. The molecule has 24 heavy (non-hydrogen) atoms. The molecule has 0 spiro atoms. The van der Waals surface area contributed by atoms with Crippen LogP contribution in [0.3, 0.4) is 0 Å². The van der Waals surface area contributed by atoms with Crippen molar-refractivity contribution in [2.24, 2.45) is 5.92 Å². The summed E-state index contributed by atoms with van der Waals surface area (Å²) in [4.78, 5) is 12.9. The summed E-state index contributed by atoms with van der Waals surface area (Å²) >= 11 is 5.39. The van der Waals surface area contributed by atoms with Crippen molar-refractivity contribution in [3.63, 3.8) is 0 Å². The molecule has 1 aliphatic heterocycles. The normalized spacial score (nSPS) is 15.0. The molecule has 0 bridgehead atoms. The summed E-state index contributed by atoms with van der Waals surface area (Å²) < 4.78 is 23.9. The molecule has 0 saturated carbocycles. The third-order valence-electron chi connectivity index (χ3n) is 3.68. The zero-order chi connectivity index (χ0) is 17.9. The van der Waals surface area contributed by atoms with E-state index in [2.05, 4.69) is 19.2 Å². The van der Waals surface area contributed by atoms with Gasteiger partial charge < -0.3 is 5.32 Å². The molecule has 0 aromatic heterocycles. The second-order valence-electron chi connectivity index (χ2n) is 6.25. The SMILES string of the molecule is CC(C)CNC(=S)N1CCCN1C(=O)c1ccccc1S(C)(=O)=O. The Kier molecular flexibility index (Phi) is 5.82. The number of carbonyl (C=O) groups excluding carboxylic acids is 1. The molecular weight excluding hydrogens is 346 g/mol. The molecule has 1 heterocycles. The molecule has 2 rings (SSSR count). The summed E-state index contributed by atoms with van der Waals surface area (Å²) in [6, 6.07) is 6.28. The maximum Gasteiger partial charge on any atom is 0.273 e. The maximum atomic E-state index is 12.9. The fourth-order valence-corrected chi connectivity index (χ4v) is 3.68. The lowest BCUT2D eigenvalue weighted by molar-refractivity contribution is 0.0487. The molecule has 0 atom stereocenters. The van der Waals surface area contributed by atoms with Crippen LogP contribution < -0.4 is 5.32 Å². The minimum Gasteiger partial charge on any atom is -0.361 e. The van der Waals surface area contributed by atoms with Crippen molar-refractivity contribution in [1.29, 1.82) is 0 Å². The summed E-state index contributed by atoms with van der Waals surface area (Å²) in [7, 11) is -3.48. The molecule has 1 amide bonds. The third-order valence-corrected chi connectivity index (χ3v) is 5.19. The van der Waals surface area contributed by atoms with Crippen molar-refractivity contribution < 1.29 is 13.2 Å². The summed E-state index contributed by atoms with van der Waals surface area (Å²) in [6.07, 6.45) is 1.89. The molecule has 1 saturated heterocycles. The first-order valence-electron chi connectivity index (χ1n) is 7.88. The first-order chi connectivity index (χ1) is 11.2. The van der Waals surface area contributed by atoms with Crippen LogP contribution in [-0.2, 0) is 9.84 Å². The highest BCUT2D eigenvalue weighted by atomic mass is 32.2. The number of hydrogen-bond donors (Lipinski definition) is 1. The van der Waals surface area contributed by atoms with E-state index in [1.165, 1.54) is 11.1 Å². The van der Waals surface area contributed by atoms with E-state index in [0.29, 0.717) is 24.1 Å². The Morgan fingerprint density at radius 2 is 1.88 bits per heavy atom. The van der Waals surface area contributed by atoms with Gasteiger partial charge in [-0.2, -0.15) is 0 Å². The number of nitrogens with zero attached hydrogens (tertiary/aromatic N) is 2. The smallest absolute Gasteiger partial charge is 0.273 e. The number of sulfone groups is 1. The minimum absolute atomic E-state index is 0.0444. The van der Waals surface area contributed by atoms with Crippen LogP contribution in [0.1, 0.15) is 30.6 Å². The van der Waals surface area contributed by atoms with Crippen molar-refractivity contribution in [2.45, 2.75) is 25.2 Å². The van der Waals surface area contributed by atoms with E-state index in [9.17, 15) is 13.2 Å². The second kappa shape index (κ2) is 7.48. The van der Waals surface area contributed by atoms with E-state index < -0.39 is 9.84 Å². The largest absolute Gasteiger partial charge is 0.361 e. The molecule has 132 valence electrons. The van der Waals surface area contributed by atoms with Gasteiger partial charge in [-0.05, 0) is 36.7 Å². The van der Waals surface area contributed by atoms with Gasteiger partial charge in [-0.3, -0.25) is 9.80 Å². The molecule has 0 radical (unpaired) electrons. The highest BCUT2D eigenvalue weighted by Crippen LogP contribution is 2.21. The molecule has 1 aromatic rings. The van der Waals surface area contributed by atoms with Gasteiger partial charge in [0.25, 0.3) is 5.91 Å². The number of thiocarbonyl (C=S) groups is 1. The Hall–Kier alpha value is -1.67. The van der Waals surface area contributed by atoms with E-state index in [1.807, 2.05) is 0 Å². The van der Waals surface area contributed by atoms with Gasteiger partial charge in [0.05, 0.1) is 10.5 Å². The lowest BCUT2D eigenvalue weighted by Gasteiger charge is -2.31. The van der Waals surface area contributed by atoms with Crippen LogP contribution >= 0.6 is 12.2 Å². The third kappa shape index (κ3) is 4.24. The van der Waals surface area contributed by atoms with Gasteiger partial charge in [0, 0.05) is 25.9 Å². The van der Waals surface area contributed by atoms with E-state index in [1.54, 1.807) is 23.2 Å². The number of nitrogens with one attached hydrogen (secondary N) is 1. The topological polar surface area (TPSA) is 69.7 Å². The average Bonchev–Trinajstić information content (AvgIpc) is 3.00. The quantitative estimate of drug-likeness (QED) is 0.815. The number of hydrazine groups is 1. The van der Waals surface area contributed by atoms with E-state index in [0.717, 1.165) is 19.2 Å². The van der Waals surface area contributed by atoms with Gasteiger partial charge >= 0.3 is 0 Å². The van der Waals surface area contributed by atoms with E-state index in [4.69, 9.17) is 12.2 Å². The first kappa shape index (κ1) is 18.7. The van der Waals surface area contributed by atoms with Crippen LogP contribution in [0.2, 0.25) is 0 Å². The fourth-order valence-electron chi connectivity index (χ4n) is 2.52. The van der Waals surface area contributed by atoms with Crippen molar-refractivity contribution in [1.82, 2.24) is 15.3 Å². The number of benzene rings is 1. The Labute approximate surface area is 148 Å². The molecular formula is C16H23N3O3S2. The standard InChI is InChI=1S/C16H23N3O3S2/c1-12(2)11-17-16(23)19-10-6-9-18(19)15(20)13-7-4-5-8-14(13)24(3,21)22/h4-5,7-8,12H,6,9-11H2,1-3H3,(H,17,23). The monoisotopic (exact) mass is 369 g/mol. The summed E-state index contributed by atoms with van der Waals surface area (Å²) in [5.41, 5.74) is 0.179. The average molecular weight is 370 g/mol. The first-order valence-corrected chi connectivity index (χ1v) is 10.2. The summed E-state index contributed by atoms with van der Waals surface area (Å²) in [6.45, 7) is 6.02. The van der Waals surface area contributed by atoms with Gasteiger partial charge in [-0.15, -0.1) is 0 Å². The Morgan fingerprint density at radius 3 is 2.50 bits per heavy atom. The van der Waals surface area contributed by atoms with Gasteiger partial charge in [0.2, 0.25) is 0 Å². The molecule has 1 N–H and O–H groups in total. The van der Waals surface area contributed by atoms with Crippen LogP contribution in [0.5, 0.6) is 0 Å². The molecule has 0 aliphatic carbocycles. The number of rotatable bonds is 4. The lowest BCUT2D eigenvalue weighted by Crippen LogP contribution is -2.49. The Bertz CT molecular complexity index is 732. The van der Waals surface area contributed by atoms with Gasteiger partial charge in [-0.25, -0.2) is 13.4 Å². The van der Waals surface area contributed by atoms with Crippen molar-refractivity contribution in [3.8, 4) is 0 Å². The molecule has 1 fully saturated rings. The molecule has 1 aromatic carbocycles. The van der Waals surface area contributed by atoms with Gasteiger partial charge in [0.15, 0.2) is 14.9 Å². The number of hydrogen-bond acceptors (Lipinski definition) is 4. The van der Waals surface area contributed by atoms with Crippen LogP contribution in [0, 0.1) is 5.92 Å². The highest BCUT2D eigenvalue weighted by molar-refractivity contribution is 7.90. The Balaban J connectivity index is 2.25. The highest BCUT2D eigenvalue weighted by Gasteiger charge is 2.31. The van der Waals surface area contributed by atoms with Crippen LogP contribution in [0.4, 0.5) is 0 Å². The molecule has 6 nitrogen and oxygen atoms in total. The zero-order valence-corrected chi connectivity index (χ0v) is 15.8. The predicted octanol–water partition coefficient (Wildman–Crippen LogP) is 1.68. The van der Waals surface area contributed by atoms with E-state index >= 15 is 0 Å². The van der Waals surface area contributed by atoms with Gasteiger partial charge in [-0.1, -0.05) is 26.0 Å². The van der Waals surface area contributed by atoms with Gasteiger partial charge in [0.1, 0.15) is 0 Å². The number of carbonyl (C=O) groups is 1. The van der Waals surface area contributed by atoms with E-state index in [-0.39, 0.29) is 16.4 Å². The second-order valence-corrected chi connectivity index (χ2v) is 8.62. The summed E-state index contributed by atoms with van der Waals surface area (Å²) in [5, 5.41) is 6.89. The van der Waals surface area contributed by atoms with Crippen LogP contribution in [0.25, 0.3) is 0 Å². The molecule has 1 aliphatic rings. The fraction of sp³-hybridized carbons (Fsp3) is 0.500. The van der Waals surface area contributed by atoms with Crippen molar-refractivity contribution >= 4 is 33.1 Å². The van der Waals surface area contributed by atoms with Crippen molar-refractivity contribution in [3.05, 3.63) is 29.8 Å². The predicted molar refractivity (Wildman–Crippen MR) is 97.4 cm³/mol. The zero-order valence-electron chi connectivity index (χ0n) is 14.2. The van der Waals surface area contributed by atoms with Crippen LogP contribution in [0.15, 0.2) is 29.2 Å². The summed E-state index contributed by atoms with van der Waals surface area (Å²) in [5.74, 6) is 0.0860. The number of amides is 1. The lowest BCUT2D eigenvalue weighted by atomic mass is 10.2.